The van der Waals surface area contributed by atoms with Gasteiger partial charge in [0.05, 0.1) is 0 Å². The van der Waals surface area contributed by atoms with E-state index < -0.39 is 0 Å². The van der Waals surface area contributed by atoms with E-state index in [1.54, 1.807) is 0 Å². The van der Waals surface area contributed by atoms with E-state index in [2.05, 4.69) is 36.4 Å². The Morgan fingerprint density at radius 1 is 1.29 bits per heavy atom. The summed E-state index contributed by atoms with van der Waals surface area (Å²) in [6.45, 7) is 7.11. The van der Waals surface area contributed by atoms with Crippen molar-refractivity contribution in [3.8, 4) is 0 Å². The molecule has 1 fully saturated rings. The second kappa shape index (κ2) is 6.46. The summed E-state index contributed by atoms with van der Waals surface area (Å²) in [5.41, 5.74) is 1.55. The third-order valence-electron chi connectivity index (χ3n) is 4.14. The van der Waals surface area contributed by atoms with Gasteiger partial charge in [0.1, 0.15) is 5.82 Å². The molecule has 0 unspecified atom stereocenters. The van der Waals surface area contributed by atoms with Gasteiger partial charge in [-0.3, -0.25) is 4.79 Å². The summed E-state index contributed by atoms with van der Waals surface area (Å²) in [5.74, 6) is 1.40. The van der Waals surface area contributed by atoms with Gasteiger partial charge in [-0.05, 0) is 30.9 Å². The maximum absolute atomic E-state index is 12.4. The molecule has 1 aliphatic rings. The predicted molar refractivity (Wildman–Crippen MR) is 86.8 cm³/mol. The molecule has 2 N–H and O–H groups in total. The van der Waals surface area contributed by atoms with Gasteiger partial charge < -0.3 is 10.6 Å². The van der Waals surface area contributed by atoms with Crippen molar-refractivity contribution in [3.63, 3.8) is 0 Å². The molecule has 116 valence electrons. The Morgan fingerprint density at radius 3 is 2.52 bits per heavy atom. The zero-order valence-corrected chi connectivity index (χ0v) is 13.6. The van der Waals surface area contributed by atoms with Gasteiger partial charge in [0, 0.05) is 30.3 Å². The predicted octanol–water partition coefficient (Wildman–Crippen LogP) is 3.34. The average molecular weight is 289 g/mol. The molecule has 0 radical (unpaired) electrons. The van der Waals surface area contributed by atoms with Crippen LogP contribution in [0.2, 0.25) is 0 Å². The number of hydrogen-bond acceptors (Lipinski definition) is 3. The van der Waals surface area contributed by atoms with E-state index >= 15 is 0 Å². The first-order valence-electron chi connectivity index (χ1n) is 7.88. The minimum absolute atomic E-state index is 0.00583. The van der Waals surface area contributed by atoms with Crippen LogP contribution in [-0.2, 0) is 5.41 Å². The number of nitrogens with zero attached hydrogens (tertiary/aromatic N) is 1. The molecule has 1 amide bonds. The summed E-state index contributed by atoms with van der Waals surface area (Å²) < 4.78 is 0. The Kier molecular flexibility index (Phi) is 4.86. The Hall–Kier alpha value is -1.58. The molecule has 0 bridgehead atoms. The van der Waals surface area contributed by atoms with Gasteiger partial charge in [-0.2, -0.15) is 0 Å². The second-order valence-corrected chi connectivity index (χ2v) is 6.99. The average Bonchev–Trinajstić information content (AvgIpc) is 2.96. The van der Waals surface area contributed by atoms with E-state index in [-0.39, 0.29) is 11.3 Å². The number of anilines is 1. The summed E-state index contributed by atoms with van der Waals surface area (Å²) in [6, 6.07) is 3.73. The smallest absolute Gasteiger partial charge is 0.251 e. The van der Waals surface area contributed by atoms with Crippen molar-refractivity contribution in [2.75, 3.05) is 18.9 Å². The van der Waals surface area contributed by atoms with Gasteiger partial charge >= 0.3 is 0 Å². The number of carbonyl (C=O) groups is 1. The molecule has 1 heterocycles. The van der Waals surface area contributed by atoms with Crippen molar-refractivity contribution in [3.05, 3.63) is 23.4 Å². The minimum Gasteiger partial charge on any atom is -0.373 e. The van der Waals surface area contributed by atoms with Gasteiger partial charge in [0.2, 0.25) is 0 Å². The number of aromatic nitrogens is 1. The third kappa shape index (κ3) is 4.19. The Labute approximate surface area is 127 Å². The molecule has 4 nitrogen and oxygen atoms in total. The number of carbonyl (C=O) groups excluding carboxylic acids is 1. The zero-order valence-electron chi connectivity index (χ0n) is 13.6. The summed E-state index contributed by atoms with van der Waals surface area (Å²) in [4.78, 5) is 16.9. The molecule has 1 saturated carbocycles. The molecule has 2 rings (SSSR count). The van der Waals surface area contributed by atoms with Crippen LogP contribution < -0.4 is 10.6 Å². The highest BCUT2D eigenvalue weighted by Gasteiger charge is 2.20. The number of nitrogens with one attached hydrogen (secondary N) is 2. The Bertz CT molecular complexity index is 499. The van der Waals surface area contributed by atoms with Crippen LogP contribution in [0.3, 0.4) is 0 Å². The van der Waals surface area contributed by atoms with Crippen molar-refractivity contribution >= 4 is 11.7 Å². The fraction of sp³-hybridized carbons (Fsp3) is 0.647. The minimum atomic E-state index is -0.0760. The number of pyridine rings is 1. The van der Waals surface area contributed by atoms with Crippen molar-refractivity contribution in [2.45, 2.75) is 51.9 Å². The lowest BCUT2D eigenvalue weighted by atomic mass is 9.90. The largest absolute Gasteiger partial charge is 0.373 e. The molecule has 0 saturated heterocycles. The molecule has 1 aliphatic carbocycles. The first-order valence-corrected chi connectivity index (χ1v) is 7.88. The molecular weight excluding hydrogens is 262 g/mol. The summed E-state index contributed by atoms with van der Waals surface area (Å²) in [6.07, 6.45) is 5.08. The fourth-order valence-electron chi connectivity index (χ4n) is 2.73. The van der Waals surface area contributed by atoms with Crippen LogP contribution in [0.15, 0.2) is 12.1 Å². The molecule has 21 heavy (non-hydrogen) atoms. The highest BCUT2D eigenvalue weighted by molar-refractivity contribution is 5.95. The van der Waals surface area contributed by atoms with Crippen LogP contribution in [0.4, 0.5) is 5.82 Å². The van der Waals surface area contributed by atoms with Crippen LogP contribution in [0.5, 0.6) is 0 Å². The van der Waals surface area contributed by atoms with Crippen molar-refractivity contribution in [2.24, 2.45) is 5.92 Å². The van der Waals surface area contributed by atoms with Gasteiger partial charge in [-0.1, -0.05) is 33.6 Å². The highest BCUT2D eigenvalue weighted by atomic mass is 16.1. The van der Waals surface area contributed by atoms with Crippen LogP contribution >= 0.6 is 0 Å². The molecule has 1 aromatic heterocycles. The van der Waals surface area contributed by atoms with Gasteiger partial charge in [-0.15, -0.1) is 0 Å². The fourth-order valence-corrected chi connectivity index (χ4v) is 2.73. The number of amides is 1. The van der Waals surface area contributed by atoms with Gasteiger partial charge in [0.15, 0.2) is 0 Å². The SMILES string of the molecule is CNc1cc(C(=O)NCC2CCCC2)cc(C(C)(C)C)n1. The molecule has 0 aromatic carbocycles. The van der Waals surface area contributed by atoms with Crippen molar-refractivity contribution in [1.29, 1.82) is 0 Å². The van der Waals surface area contributed by atoms with E-state index in [9.17, 15) is 4.79 Å². The lowest BCUT2D eigenvalue weighted by Crippen LogP contribution is -2.29. The van der Waals surface area contributed by atoms with E-state index in [0.717, 1.165) is 18.1 Å². The van der Waals surface area contributed by atoms with E-state index in [1.165, 1.54) is 25.7 Å². The molecule has 0 spiro atoms. The maximum Gasteiger partial charge on any atom is 0.251 e. The lowest BCUT2D eigenvalue weighted by molar-refractivity contribution is 0.0947. The summed E-state index contributed by atoms with van der Waals surface area (Å²) in [7, 11) is 1.83. The van der Waals surface area contributed by atoms with Crippen LogP contribution in [0, 0.1) is 5.92 Å². The molecular formula is C17H27N3O. The normalized spacial score (nSPS) is 16.0. The van der Waals surface area contributed by atoms with Gasteiger partial charge in [-0.25, -0.2) is 4.98 Å². The lowest BCUT2D eigenvalue weighted by Gasteiger charge is -2.20. The van der Waals surface area contributed by atoms with Crippen LogP contribution in [-0.4, -0.2) is 24.5 Å². The molecule has 1 aromatic rings. The first-order chi connectivity index (χ1) is 9.90. The summed E-state index contributed by atoms with van der Waals surface area (Å²) in [5, 5.41) is 6.12. The third-order valence-corrected chi connectivity index (χ3v) is 4.14. The monoisotopic (exact) mass is 289 g/mol. The maximum atomic E-state index is 12.4. The quantitative estimate of drug-likeness (QED) is 0.894. The van der Waals surface area contributed by atoms with Crippen molar-refractivity contribution < 1.29 is 4.79 Å². The number of rotatable bonds is 4. The standard InChI is InChI=1S/C17H27N3O/c1-17(2,3)14-9-13(10-15(18-4)20-14)16(21)19-11-12-7-5-6-8-12/h9-10,12H,5-8,11H2,1-4H3,(H,18,20)(H,19,21). The Balaban J connectivity index is 2.11. The molecule has 0 atom stereocenters. The van der Waals surface area contributed by atoms with E-state index in [0.29, 0.717) is 11.5 Å². The zero-order chi connectivity index (χ0) is 15.5. The number of hydrogen-bond donors (Lipinski definition) is 2. The van der Waals surface area contributed by atoms with E-state index in [1.807, 2.05) is 19.2 Å². The van der Waals surface area contributed by atoms with Crippen molar-refractivity contribution in [1.82, 2.24) is 10.3 Å². The highest BCUT2D eigenvalue weighted by Crippen LogP contribution is 2.25. The molecule has 4 heteroatoms. The van der Waals surface area contributed by atoms with Gasteiger partial charge in [0.25, 0.3) is 5.91 Å². The topological polar surface area (TPSA) is 54.0 Å². The first kappa shape index (κ1) is 15.8. The Morgan fingerprint density at radius 2 is 1.95 bits per heavy atom. The summed E-state index contributed by atoms with van der Waals surface area (Å²) >= 11 is 0. The van der Waals surface area contributed by atoms with Crippen LogP contribution in [0.25, 0.3) is 0 Å². The van der Waals surface area contributed by atoms with E-state index in [4.69, 9.17) is 0 Å². The molecule has 0 aliphatic heterocycles. The second-order valence-electron chi connectivity index (χ2n) is 6.99. The van der Waals surface area contributed by atoms with Crippen LogP contribution in [0.1, 0.15) is 62.5 Å².